The molecule has 0 saturated carbocycles. The highest BCUT2D eigenvalue weighted by Crippen LogP contribution is 2.25. The van der Waals surface area contributed by atoms with E-state index >= 15 is 0 Å². The molecule has 2 atom stereocenters. The van der Waals surface area contributed by atoms with Crippen molar-refractivity contribution in [2.45, 2.75) is 18.8 Å². The number of benzene rings is 1. The number of rotatable bonds is 7. The van der Waals surface area contributed by atoms with Gasteiger partial charge in [0, 0.05) is 19.8 Å². The van der Waals surface area contributed by atoms with Crippen LogP contribution >= 0.6 is 0 Å². The Morgan fingerprint density at radius 2 is 2.11 bits per heavy atom. The van der Waals surface area contributed by atoms with E-state index in [1.165, 1.54) is 33.3 Å². The molecule has 6 heteroatoms. The van der Waals surface area contributed by atoms with Gasteiger partial charge in [0.05, 0.1) is 0 Å². The first kappa shape index (κ1) is 15.1. The average molecular weight is 268 g/mol. The Balaban J connectivity index is 3.12. The number of carbonyl (C=O) groups excluding carboxylic acids is 1. The highest BCUT2D eigenvalue weighted by atomic mass is 16.7. The third-order valence-corrected chi connectivity index (χ3v) is 2.75. The molecule has 0 spiro atoms. The smallest absolute Gasteiger partial charge is 0.380 e. The van der Waals surface area contributed by atoms with Gasteiger partial charge in [-0.1, -0.05) is 12.1 Å². The quantitative estimate of drug-likeness (QED) is 0.593. The van der Waals surface area contributed by atoms with Crippen molar-refractivity contribution < 1.29 is 28.9 Å². The van der Waals surface area contributed by atoms with Crippen molar-refractivity contribution in [1.29, 1.82) is 0 Å². The van der Waals surface area contributed by atoms with Gasteiger partial charge in [-0.2, -0.15) is 0 Å². The van der Waals surface area contributed by atoms with E-state index in [4.69, 9.17) is 14.2 Å². The maximum absolute atomic E-state index is 11.4. The van der Waals surface area contributed by atoms with E-state index < -0.39 is 17.9 Å². The Kier molecular flexibility index (Phi) is 5.02. The summed E-state index contributed by atoms with van der Waals surface area (Å²) in [6.07, 6.45) is -0.211. The van der Waals surface area contributed by atoms with Crippen molar-refractivity contribution in [3.63, 3.8) is 0 Å². The molecule has 0 aliphatic carbocycles. The summed E-state index contributed by atoms with van der Waals surface area (Å²) < 4.78 is 15.4. The number of aldehydes is 1. The third-order valence-electron chi connectivity index (χ3n) is 2.75. The molecule has 1 N–H and O–H groups in total. The fourth-order valence-corrected chi connectivity index (χ4v) is 1.58. The average Bonchev–Trinajstić information content (AvgIpc) is 2.43. The number of hydrogen-bond acceptors (Lipinski definition) is 5. The van der Waals surface area contributed by atoms with Crippen LogP contribution in [-0.4, -0.2) is 43.5 Å². The second-order valence-corrected chi connectivity index (χ2v) is 3.85. The van der Waals surface area contributed by atoms with E-state index in [1.54, 1.807) is 12.1 Å². The summed E-state index contributed by atoms with van der Waals surface area (Å²) in [5.74, 6) is -3.09. The number of ether oxygens (including phenoxy) is 3. The molecule has 0 fully saturated rings. The van der Waals surface area contributed by atoms with Crippen LogP contribution in [0.5, 0.6) is 5.75 Å². The van der Waals surface area contributed by atoms with Crippen LogP contribution in [-0.2, 0) is 14.3 Å². The summed E-state index contributed by atoms with van der Waals surface area (Å²) >= 11 is 0. The molecule has 0 amide bonds. The molecule has 0 aliphatic rings. The Labute approximate surface area is 110 Å². The van der Waals surface area contributed by atoms with Gasteiger partial charge in [0.15, 0.2) is 0 Å². The standard InChI is InChI=1S/C13H16O6/c1-9(17-2)13(18-3,12(15)16)19-11-6-4-5-10(7-11)8-14/h4-9H,1-3H3,(H,15,16). The van der Waals surface area contributed by atoms with Gasteiger partial charge < -0.3 is 19.3 Å². The van der Waals surface area contributed by atoms with E-state index in [9.17, 15) is 14.7 Å². The number of methoxy groups -OCH3 is 2. The number of carbonyl (C=O) groups is 2. The minimum absolute atomic E-state index is 0.206. The van der Waals surface area contributed by atoms with Crippen LogP contribution in [0.25, 0.3) is 0 Å². The predicted octanol–water partition coefficient (Wildman–Crippen LogP) is 1.34. The molecule has 19 heavy (non-hydrogen) atoms. The summed E-state index contributed by atoms with van der Waals surface area (Å²) in [7, 11) is 2.57. The maximum atomic E-state index is 11.4. The molecular formula is C13H16O6. The molecule has 0 heterocycles. The normalized spacial score (nSPS) is 15.3. The molecule has 6 nitrogen and oxygen atoms in total. The van der Waals surface area contributed by atoms with Crippen LogP contribution < -0.4 is 4.74 Å². The van der Waals surface area contributed by atoms with Crippen molar-refractivity contribution in [2.24, 2.45) is 0 Å². The van der Waals surface area contributed by atoms with Crippen molar-refractivity contribution in [2.75, 3.05) is 14.2 Å². The topological polar surface area (TPSA) is 82.1 Å². The van der Waals surface area contributed by atoms with E-state index in [1.807, 2.05) is 0 Å². The van der Waals surface area contributed by atoms with Crippen LogP contribution in [0, 0.1) is 0 Å². The van der Waals surface area contributed by atoms with Gasteiger partial charge in [-0.15, -0.1) is 0 Å². The zero-order valence-corrected chi connectivity index (χ0v) is 11.0. The zero-order valence-electron chi connectivity index (χ0n) is 11.0. The monoisotopic (exact) mass is 268 g/mol. The van der Waals surface area contributed by atoms with E-state index in [0.717, 1.165) is 0 Å². The Bertz CT molecular complexity index is 458. The van der Waals surface area contributed by atoms with E-state index in [2.05, 4.69) is 0 Å². The summed E-state index contributed by atoms with van der Waals surface area (Å²) in [6.45, 7) is 1.52. The van der Waals surface area contributed by atoms with Gasteiger partial charge in [0.2, 0.25) is 0 Å². The van der Waals surface area contributed by atoms with Gasteiger partial charge >= 0.3 is 11.8 Å². The number of carboxylic acid groups (broad SMARTS) is 1. The first-order valence-corrected chi connectivity index (χ1v) is 5.55. The lowest BCUT2D eigenvalue weighted by molar-refractivity contribution is -0.236. The van der Waals surface area contributed by atoms with Crippen molar-refractivity contribution in [3.05, 3.63) is 29.8 Å². The minimum Gasteiger partial charge on any atom is -0.476 e. The van der Waals surface area contributed by atoms with Crippen LogP contribution in [0.2, 0.25) is 0 Å². The third kappa shape index (κ3) is 3.10. The summed E-state index contributed by atoms with van der Waals surface area (Å²) in [5, 5.41) is 9.31. The lowest BCUT2D eigenvalue weighted by Gasteiger charge is -2.32. The molecule has 0 aromatic heterocycles. The second-order valence-electron chi connectivity index (χ2n) is 3.85. The fraction of sp³-hybridized carbons (Fsp3) is 0.385. The lowest BCUT2D eigenvalue weighted by atomic mass is 10.1. The van der Waals surface area contributed by atoms with Crippen LogP contribution in [0.1, 0.15) is 17.3 Å². The largest absolute Gasteiger partial charge is 0.476 e. The highest BCUT2D eigenvalue weighted by Gasteiger charge is 2.48. The molecule has 0 aliphatic heterocycles. The Hall–Kier alpha value is -1.92. The molecule has 0 saturated heterocycles. The van der Waals surface area contributed by atoms with Crippen LogP contribution in [0.4, 0.5) is 0 Å². The molecule has 104 valence electrons. The minimum atomic E-state index is -1.98. The van der Waals surface area contributed by atoms with Gasteiger partial charge in [-0.05, 0) is 19.1 Å². The molecule has 1 aromatic rings. The molecule has 0 bridgehead atoms. The Morgan fingerprint density at radius 3 is 2.58 bits per heavy atom. The zero-order chi connectivity index (χ0) is 14.5. The first-order valence-electron chi connectivity index (χ1n) is 5.55. The highest BCUT2D eigenvalue weighted by molar-refractivity contribution is 5.78. The SMILES string of the molecule is COC(C)C(OC)(Oc1cccc(C=O)c1)C(=O)O. The number of aliphatic carboxylic acids is 1. The van der Waals surface area contributed by atoms with Crippen LogP contribution in [0.3, 0.4) is 0 Å². The van der Waals surface area contributed by atoms with Crippen molar-refractivity contribution in [1.82, 2.24) is 0 Å². The maximum Gasteiger partial charge on any atom is 0.380 e. The van der Waals surface area contributed by atoms with Crippen molar-refractivity contribution >= 4 is 12.3 Å². The Morgan fingerprint density at radius 1 is 1.42 bits per heavy atom. The predicted molar refractivity (Wildman–Crippen MR) is 66.3 cm³/mol. The van der Waals surface area contributed by atoms with Crippen molar-refractivity contribution in [3.8, 4) is 5.75 Å². The lowest BCUT2D eigenvalue weighted by Crippen LogP contribution is -2.55. The first-order chi connectivity index (χ1) is 9.00. The summed E-state index contributed by atoms with van der Waals surface area (Å²) in [5.41, 5.74) is 0.373. The van der Waals surface area contributed by atoms with E-state index in [0.29, 0.717) is 11.8 Å². The molecular weight excluding hydrogens is 252 g/mol. The van der Waals surface area contributed by atoms with Gasteiger partial charge in [-0.25, -0.2) is 4.79 Å². The number of hydrogen-bond donors (Lipinski definition) is 1. The number of carboxylic acids is 1. The molecule has 1 rings (SSSR count). The second kappa shape index (κ2) is 6.31. The molecule has 1 aromatic carbocycles. The molecule has 2 unspecified atom stereocenters. The van der Waals surface area contributed by atoms with E-state index in [-0.39, 0.29) is 5.75 Å². The fourth-order valence-electron chi connectivity index (χ4n) is 1.58. The van der Waals surface area contributed by atoms with Gasteiger partial charge in [0.1, 0.15) is 18.1 Å². The van der Waals surface area contributed by atoms with Crippen LogP contribution in [0.15, 0.2) is 24.3 Å². The summed E-state index contributed by atoms with van der Waals surface area (Å²) in [4.78, 5) is 22.1. The van der Waals surface area contributed by atoms with Gasteiger partial charge in [0.25, 0.3) is 0 Å². The van der Waals surface area contributed by atoms with Gasteiger partial charge in [-0.3, -0.25) is 4.79 Å². The molecule has 0 radical (unpaired) electrons. The summed E-state index contributed by atoms with van der Waals surface area (Å²) in [6, 6.07) is 6.12.